The van der Waals surface area contributed by atoms with Crippen molar-refractivity contribution >= 4 is 22.4 Å². The van der Waals surface area contributed by atoms with Gasteiger partial charge in [-0.2, -0.15) is 5.26 Å². The van der Waals surface area contributed by atoms with E-state index in [4.69, 9.17) is 5.26 Å². The number of nitriles is 1. The van der Waals surface area contributed by atoms with Gasteiger partial charge in [0.15, 0.2) is 5.13 Å². The number of hydrogen-bond acceptors (Lipinski definition) is 6. The van der Waals surface area contributed by atoms with Crippen molar-refractivity contribution in [1.82, 2.24) is 15.0 Å². The predicted octanol–water partition coefficient (Wildman–Crippen LogP) is 2.72. The van der Waals surface area contributed by atoms with Crippen molar-refractivity contribution in [2.45, 2.75) is 0 Å². The van der Waals surface area contributed by atoms with Crippen molar-refractivity contribution < 1.29 is 4.79 Å². The van der Waals surface area contributed by atoms with Crippen LogP contribution < -0.4 is 5.32 Å². The van der Waals surface area contributed by atoms with E-state index in [-0.39, 0.29) is 5.91 Å². The Labute approximate surface area is 130 Å². The van der Waals surface area contributed by atoms with Crippen LogP contribution in [0.5, 0.6) is 0 Å². The molecule has 2 aromatic heterocycles. The average molecular weight is 307 g/mol. The van der Waals surface area contributed by atoms with Crippen molar-refractivity contribution in [3.8, 4) is 16.6 Å². The summed E-state index contributed by atoms with van der Waals surface area (Å²) >= 11 is 1.32. The maximum absolute atomic E-state index is 12.1. The second-order valence-corrected chi connectivity index (χ2v) is 5.29. The molecule has 1 amide bonds. The molecule has 0 aliphatic rings. The molecule has 0 saturated heterocycles. The monoisotopic (exact) mass is 307 g/mol. The van der Waals surface area contributed by atoms with E-state index < -0.39 is 0 Å². The topological polar surface area (TPSA) is 91.6 Å². The smallest absolute Gasteiger partial charge is 0.257 e. The van der Waals surface area contributed by atoms with E-state index in [9.17, 15) is 4.79 Å². The molecule has 6 nitrogen and oxygen atoms in total. The van der Waals surface area contributed by atoms with E-state index in [1.807, 2.05) is 6.07 Å². The van der Waals surface area contributed by atoms with Crippen molar-refractivity contribution in [2.75, 3.05) is 5.32 Å². The third kappa shape index (κ3) is 2.97. The minimum absolute atomic E-state index is 0.274. The zero-order valence-electron chi connectivity index (χ0n) is 11.2. The standard InChI is InChI=1S/C15H9N5OS/c16-7-10-1-3-11(4-2-10)14(21)20-15-19-9-13(22-15)12-8-17-5-6-18-12/h1-6,8-9H,(H,19,20,21). The van der Waals surface area contributed by atoms with Crippen LogP contribution in [0.25, 0.3) is 10.6 Å². The highest BCUT2D eigenvalue weighted by Gasteiger charge is 2.10. The summed E-state index contributed by atoms with van der Waals surface area (Å²) < 4.78 is 0. The van der Waals surface area contributed by atoms with Gasteiger partial charge in [-0.1, -0.05) is 11.3 Å². The highest BCUT2D eigenvalue weighted by atomic mass is 32.1. The van der Waals surface area contributed by atoms with Gasteiger partial charge >= 0.3 is 0 Å². The molecule has 0 unspecified atom stereocenters. The molecule has 0 atom stereocenters. The number of nitrogens with zero attached hydrogens (tertiary/aromatic N) is 4. The van der Waals surface area contributed by atoms with Gasteiger partial charge in [0.2, 0.25) is 0 Å². The zero-order valence-corrected chi connectivity index (χ0v) is 12.0. The fourth-order valence-electron chi connectivity index (χ4n) is 1.74. The molecule has 0 fully saturated rings. The van der Waals surface area contributed by atoms with Gasteiger partial charge in [0.1, 0.15) is 5.69 Å². The van der Waals surface area contributed by atoms with Gasteiger partial charge in [-0.05, 0) is 24.3 Å². The van der Waals surface area contributed by atoms with Crippen LogP contribution in [0.3, 0.4) is 0 Å². The van der Waals surface area contributed by atoms with E-state index in [0.717, 1.165) is 4.88 Å². The van der Waals surface area contributed by atoms with Crippen LogP contribution in [0, 0.1) is 11.3 Å². The summed E-state index contributed by atoms with van der Waals surface area (Å²) in [7, 11) is 0. The van der Waals surface area contributed by atoms with Gasteiger partial charge in [0, 0.05) is 24.2 Å². The number of thiazole rings is 1. The quantitative estimate of drug-likeness (QED) is 0.803. The Kier molecular flexibility index (Phi) is 3.85. The first-order valence-corrected chi connectivity index (χ1v) is 7.11. The van der Waals surface area contributed by atoms with Crippen LogP contribution in [-0.2, 0) is 0 Å². The summed E-state index contributed by atoms with van der Waals surface area (Å²) in [6, 6.07) is 8.41. The fourth-order valence-corrected chi connectivity index (χ4v) is 2.51. The number of nitrogens with one attached hydrogen (secondary N) is 1. The van der Waals surface area contributed by atoms with E-state index in [0.29, 0.717) is 22.0 Å². The molecule has 0 aliphatic heterocycles. The molecule has 7 heteroatoms. The summed E-state index contributed by atoms with van der Waals surface area (Å²) in [4.78, 5) is 25.3. The van der Waals surface area contributed by atoms with Crippen LogP contribution in [0.15, 0.2) is 49.1 Å². The Bertz CT molecular complexity index is 836. The third-order valence-corrected chi connectivity index (χ3v) is 3.75. The van der Waals surface area contributed by atoms with Crippen LogP contribution >= 0.6 is 11.3 Å². The van der Waals surface area contributed by atoms with E-state index >= 15 is 0 Å². The van der Waals surface area contributed by atoms with E-state index in [2.05, 4.69) is 20.3 Å². The van der Waals surface area contributed by atoms with Gasteiger partial charge in [-0.15, -0.1) is 0 Å². The molecule has 0 spiro atoms. The molecule has 0 bridgehead atoms. The molecular weight excluding hydrogens is 298 g/mol. The molecule has 22 heavy (non-hydrogen) atoms. The first-order chi connectivity index (χ1) is 10.8. The predicted molar refractivity (Wildman–Crippen MR) is 82.3 cm³/mol. The van der Waals surface area contributed by atoms with Crippen molar-refractivity contribution in [3.63, 3.8) is 0 Å². The number of carbonyl (C=O) groups is 1. The SMILES string of the molecule is N#Cc1ccc(C(=O)Nc2ncc(-c3cnccn3)s2)cc1. The maximum Gasteiger partial charge on any atom is 0.257 e. The van der Waals surface area contributed by atoms with Crippen LogP contribution in [-0.4, -0.2) is 20.9 Å². The second-order valence-electron chi connectivity index (χ2n) is 4.26. The summed E-state index contributed by atoms with van der Waals surface area (Å²) in [5.41, 5.74) is 1.69. The zero-order chi connectivity index (χ0) is 15.4. The number of anilines is 1. The van der Waals surface area contributed by atoms with Crippen LogP contribution in [0.2, 0.25) is 0 Å². The number of carbonyl (C=O) groups excluding carboxylic acids is 1. The van der Waals surface area contributed by atoms with Gasteiger partial charge in [0.05, 0.1) is 22.7 Å². The largest absolute Gasteiger partial charge is 0.298 e. The lowest BCUT2D eigenvalue weighted by Gasteiger charge is -2.01. The summed E-state index contributed by atoms with van der Waals surface area (Å²) in [6.07, 6.45) is 6.48. The molecule has 0 aliphatic carbocycles. The summed E-state index contributed by atoms with van der Waals surface area (Å²) in [5, 5.41) is 11.9. The number of amides is 1. The molecule has 0 saturated carbocycles. The van der Waals surface area contributed by atoms with Crippen molar-refractivity contribution in [3.05, 3.63) is 60.2 Å². The Morgan fingerprint density at radius 2 is 1.95 bits per heavy atom. The van der Waals surface area contributed by atoms with Gasteiger partial charge in [-0.3, -0.25) is 20.1 Å². The molecule has 0 radical (unpaired) electrons. The first-order valence-electron chi connectivity index (χ1n) is 6.30. The van der Waals surface area contributed by atoms with Gasteiger partial charge in [-0.25, -0.2) is 4.98 Å². The lowest BCUT2D eigenvalue weighted by atomic mass is 10.1. The highest BCUT2D eigenvalue weighted by molar-refractivity contribution is 7.19. The van der Waals surface area contributed by atoms with Crippen molar-refractivity contribution in [1.29, 1.82) is 5.26 Å². The number of benzene rings is 1. The molecule has 106 valence electrons. The average Bonchev–Trinajstić information content (AvgIpc) is 3.04. The molecule has 2 heterocycles. The summed E-state index contributed by atoms with van der Waals surface area (Å²) in [6.45, 7) is 0. The molecule has 3 aromatic rings. The molecular formula is C15H9N5OS. The number of aromatic nitrogens is 3. The second kappa shape index (κ2) is 6.11. The Morgan fingerprint density at radius 3 is 2.64 bits per heavy atom. The number of hydrogen-bond donors (Lipinski definition) is 1. The third-order valence-electron chi connectivity index (χ3n) is 2.82. The van der Waals surface area contributed by atoms with Crippen molar-refractivity contribution in [2.24, 2.45) is 0 Å². The molecule has 1 aromatic carbocycles. The lowest BCUT2D eigenvalue weighted by molar-refractivity contribution is 0.102. The summed E-state index contributed by atoms with van der Waals surface area (Å²) in [5.74, 6) is -0.274. The maximum atomic E-state index is 12.1. The van der Waals surface area contributed by atoms with Crippen LogP contribution in [0.1, 0.15) is 15.9 Å². The lowest BCUT2D eigenvalue weighted by Crippen LogP contribution is -2.11. The normalized spacial score (nSPS) is 9.95. The fraction of sp³-hybridized carbons (Fsp3) is 0. The highest BCUT2D eigenvalue weighted by Crippen LogP contribution is 2.27. The molecule has 3 rings (SSSR count). The Morgan fingerprint density at radius 1 is 1.14 bits per heavy atom. The minimum atomic E-state index is -0.274. The first kappa shape index (κ1) is 13.9. The van der Waals surface area contributed by atoms with Gasteiger partial charge in [0.25, 0.3) is 5.91 Å². The molecule has 1 N–H and O–H groups in total. The van der Waals surface area contributed by atoms with Gasteiger partial charge < -0.3 is 0 Å². The Balaban J connectivity index is 1.74. The van der Waals surface area contributed by atoms with E-state index in [1.54, 1.807) is 49.1 Å². The Hall–Kier alpha value is -3.11. The van der Waals surface area contributed by atoms with Crippen LogP contribution in [0.4, 0.5) is 5.13 Å². The minimum Gasteiger partial charge on any atom is -0.298 e. The number of rotatable bonds is 3. The van der Waals surface area contributed by atoms with E-state index in [1.165, 1.54) is 11.3 Å².